The molecule has 30 heavy (non-hydrogen) atoms. The number of nitrogens with one attached hydrogen (secondary N) is 1. The Morgan fingerprint density at radius 2 is 1.90 bits per heavy atom. The number of hydrogen-bond donors (Lipinski definition) is 3. The van der Waals surface area contributed by atoms with Gasteiger partial charge < -0.3 is 15.1 Å². The maximum Gasteiger partial charge on any atom is 0.0772 e. The third-order valence-corrected chi connectivity index (χ3v) is 9.84. The van der Waals surface area contributed by atoms with E-state index in [-0.39, 0.29) is 11.5 Å². The van der Waals surface area contributed by atoms with E-state index in [0.29, 0.717) is 29.8 Å². The predicted octanol–water partition coefficient (Wildman–Crippen LogP) is 3.86. The Balaban J connectivity index is 1.45. The van der Waals surface area contributed by atoms with Gasteiger partial charge in [-0.25, -0.2) is 0 Å². The van der Waals surface area contributed by atoms with Crippen LogP contribution >= 0.6 is 0 Å². The van der Waals surface area contributed by atoms with E-state index in [2.05, 4.69) is 44.5 Å². The number of rotatable bonds is 6. The topological polar surface area (TPSA) is 65.0 Å². The fraction of sp³-hybridized carbons (Fsp3) is 0.920. The average Bonchev–Trinajstić information content (AvgIpc) is 2.96. The summed E-state index contributed by atoms with van der Waals surface area (Å²) in [5.41, 5.74) is 3.97. The van der Waals surface area contributed by atoms with E-state index in [1.807, 2.05) is 0 Å². The van der Waals surface area contributed by atoms with E-state index in [1.165, 1.54) is 18.4 Å². The highest BCUT2D eigenvalue weighted by Gasteiger charge is 2.65. The summed E-state index contributed by atoms with van der Waals surface area (Å²) >= 11 is 0. The summed E-state index contributed by atoms with van der Waals surface area (Å²) in [5, 5.41) is 22.4. The average molecular weight is 421 g/mol. The van der Waals surface area contributed by atoms with Crippen LogP contribution in [0.5, 0.6) is 0 Å². The fourth-order valence-electron chi connectivity index (χ4n) is 7.90. The first kappa shape index (κ1) is 22.6. The summed E-state index contributed by atoms with van der Waals surface area (Å²) in [6.45, 7) is 6.49. The van der Waals surface area contributed by atoms with Crippen molar-refractivity contribution < 1.29 is 15.1 Å². The van der Waals surface area contributed by atoms with Crippen LogP contribution in [0.25, 0.3) is 0 Å². The lowest BCUT2D eigenvalue weighted by Crippen LogP contribution is -2.61. The Morgan fingerprint density at radius 1 is 1.10 bits per heavy atom. The number of fused-ring (bicyclic) bond motifs is 5. The van der Waals surface area contributed by atoms with Gasteiger partial charge in [-0.3, -0.25) is 10.3 Å². The minimum absolute atomic E-state index is 0.110. The van der Waals surface area contributed by atoms with Crippen molar-refractivity contribution in [2.75, 3.05) is 27.2 Å². The highest BCUT2D eigenvalue weighted by atomic mass is 16.6. The Labute approximate surface area is 183 Å². The van der Waals surface area contributed by atoms with Gasteiger partial charge in [0, 0.05) is 11.6 Å². The van der Waals surface area contributed by atoms with Crippen LogP contribution in [0.4, 0.5) is 0 Å². The minimum atomic E-state index is -0.599. The molecule has 4 saturated carbocycles. The number of hydrogen-bond acceptors (Lipinski definition) is 5. The number of hydroxylamine groups is 1. The summed E-state index contributed by atoms with van der Waals surface area (Å²) < 4.78 is 0. The zero-order chi connectivity index (χ0) is 21.6. The summed E-state index contributed by atoms with van der Waals surface area (Å²) in [6.07, 6.45) is 12.4. The van der Waals surface area contributed by atoms with Gasteiger partial charge >= 0.3 is 0 Å². The molecule has 5 heteroatoms. The summed E-state index contributed by atoms with van der Waals surface area (Å²) in [7, 11) is 4.16. The van der Waals surface area contributed by atoms with Crippen molar-refractivity contribution in [1.29, 1.82) is 0 Å². The van der Waals surface area contributed by atoms with Crippen LogP contribution in [0.3, 0.4) is 0 Å². The van der Waals surface area contributed by atoms with Crippen molar-refractivity contribution >= 4 is 0 Å². The normalized spacial score (nSPS) is 47.1. The third kappa shape index (κ3) is 3.64. The van der Waals surface area contributed by atoms with E-state index in [4.69, 9.17) is 4.84 Å². The Bertz CT molecular complexity index is 652. The van der Waals surface area contributed by atoms with E-state index in [9.17, 15) is 10.2 Å². The SMILES string of the molecule is CN(C)CCCONC=C1CC[C@@]2(O)[C@@H]3CCC4CC(O)CC[C@]4(C)[C@@H]3CC[C@]12C. The molecule has 0 saturated heterocycles. The molecule has 3 N–H and O–H groups in total. The summed E-state index contributed by atoms with van der Waals surface area (Å²) in [6, 6.07) is 0. The van der Waals surface area contributed by atoms with Crippen LogP contribution in [-0.2, 0) is 4.84 Å². The third-order valence-electron chi connectivity index (χ3n) is 9.84. The molecule has 0 spiro atoms. The van der Waals surface area contributed by atoms with E-state index in [0.717, 1.165) is 57.9 Å². The van der Waals surface area contributed by atoms with Gasteiger partial charge in [0.15, 0.2) is 0 Å². The molecule has 0 aliphatic heterocycles. The monoisotopic (exact) mass is 420 g/mol. The fourth-order valence-corrected chi connectivity index (χ4v) is 7.90. The Morgan fingerprint density at radius 3 is 2.67 bits per heavy atom. The molecule has 0 bridgehead atoms. The molecule has 4 rings (SSSR count). The molecular formula is C25H44N2O3. The molecule has 172 valence electrons. The van der Waals surface area contributed by atoms with Crippen molar-refractivity contribution in [2.45, 2.75) is 89.8 Å². The van der Waals surface area contributed by atoms with E-state index < -0.39 is 5.60 Å². The van der Waals surface area contributed by atoms with Crippen LogP contribution in [-0.4, -0.2) is 54.1 Å². The maximum absolute atomic E-state index is 12.1. The van der Waals surface area contributed by atoms with Crippen molar-refractivity contribution in [1.82, 2.24) is 10.4 Å². The van der Waals surface area contributed by atoms with Gasteiger partial charge in [0.1, 0.15) is 0 Å². The summed E-state index contributed by atoms with van der Waals surface area (Å²) in [4.78, 5) is 7.82. The molecule has 0 amide bonds. The second-order valence-electron chi connectivity index (χ2n) is 11.5. The Hall–Kier alpha value is -0.620. The second kappa shape index (κ2) is 8.38. The van der Waals surface area contributed by atoms with Crippen LogP contribution < -0.4 is 5.48 Å². The number of aliphatic hydroxyl groups is 2. The number of aliphatic hydroxyl groups excluding tert-OH is 1. The first-order chi connectivity index (χ1) is 14.2. The molecule has 4 fully saturated rings. The van der Waals surface area contributed by atoms with Crippen molar-refractivity contribution in [3.63, 3.8) is 0 Å². The second-order valence-corrected chi connectivity index (χ2v) is 11.5. The molecule has 7 atom stereocenters. The lowest BCUT2D eigenvalue weighted by molar-refractivity contribution is -0.196. The van der Waals surface area contributed by atoms with Crippen molar-refractivity contribution in [2.24, 2.45) is 28.6 Å². The lowest BCUT2D eigenvalue weighted by atomic mass is 9.43. The van der Waals surface area contributed by atoms with Crippen molar-refractivity contribution in [3.8, 4) is 0 Å². The van der Waals surface area contributed by atoms with Gasteiger partial charge in [-0.05, 0) is 114 Å². The first-order valence-electron chi connectivity index (χ1n) is 12.3. The molecule has 0 aromatic rings. The van der Waals surface area contributed by atoms with Gasteiger partial charge in [0.2, 0.25) is 0 Å². The van der Waals surface area contributed by atoms with E-state index in [1.54, 1.807) is 0 Å². The molecule has 5 nitrogen and oxygen atoms in total. The molecule has 0 heterocycles. The van der Waals surface area contributed by atoms with Crippen LogP contribution in [0.1, 0.15) is 78.1 Å². The predicted molar refractivity (Wildman–Crippen MR) is 120 cm³/mol. The minimum Gasteiger partial charge on any atom is -0.393 e. The number of nitrogens with zero attached hydrogens (tertiary/aromatic N) is 1. The standard InChI is InChI=1S/C25H44N2O3/c1-23-11-9-20(28)16-18(23)6-7-22-21(23)10-12-24(2)19(8-13-25(22,24)29)17-26-30-15-5-14-27(3)4/h17-18,20-22,26,28-29H,5-16H2,1-4H3/t18?,20?,21-,22-,23+,24-,25-/m1/s1. The largest absolute Gasteiger partial charge is 0.393 e. The smallest absolute Gasteiger partial charge is 0.0772 e. The molecule has 0 radical (unpaired) electrons. The van der Waals surface area contributed by atoms with Gasteiger partial charge in [0.25, 0.3) is 0 Å². The van der Waals surface area contributed by atoms with E-state index >= 15 is 0 Å². The van der Waals surface area contributed by atoms with Crippen molar-refractivity contribution in [3.05, 3.63) is 11.8 Å². The lowest BCUT2D eigenvalue weighted by Gasteiger charge is -2.63. The highest BCUT2D eigenvalue weighted by molar-refractivity contribution is 5.30. The zero-order valence-electron chi connectivity index (χ0n) is 19.6. The molecular weight excluding hydrogens is 376 g/mol. The van der Waals surface area contributed by atoms with Crippen LogP contribution in [0, 0.1) is 28.6 Å². The van der Waals surface area contributed by atoms with Gasteiger partial charge in [0.05, 0.1) is 18.3 Å². The quantitative estimate of drug-likeness (QED) is 0.450. The van der Waals surface area contributed by atoms with Gasteiger partial charge in [-0.15, -0.1) is 0 Å². The van der Waals surface area contributed by atoms with Crippen LogP contribution in [0.2, 0.25) is 0 Å². The molecule has 4 aliphatic rings. The van der Waals surface area contributed by atoms with Crippen LogP contribution in [0.15, 0.2) is 11.8 Å². The molecule has 0 aromatic carbocycles. The van der Waals surface area contributed by atoms with Gasteiger partial charge in [-0.1, -0.05) is 13.8 Å². The maximum atomic E-state index is 12.1. The molecule has 2 unspecified atom stereocenters. The molecule has 4 aliphatic carbocycles. The zero-order valence-corrected chi connectivity index (χ0v) is 19.6. The summed E-state index contributed by atoms with van der Waals surface area (Å²) in [5.74, 6) is 1.61. The molecule has 0 aromatic heterocycles. The highest BCUT2D eigenvalue weighted by Crippen LogP contribution is 2.68. The first-order valence-corrected chi connectivity index (χ1v) is 12.3. The van der Waals surface area contributed by atoms with Gasteiger partial charge in [-0.2, -0.15) is 0 Å². The Kier molecular flexibility index (Phi) is 6.31.